The van der Waals surface area contributed by atoms with Crippen molar-refractivity contribution in [2.75, 3.05) is 47.5 Å². The van der Waals surface area contributed by atoms with E-state index in [4.69, 9.17) is 9.47 Å². The topological polar surface area (TPSA) is 18.5 Å². The number of quaternary nitrogens is 1. The summed E-state index contributed by atoms with van der Waals surface area (Å²) in [5, 5.41) is 0. The normalized spacial score (nSPS) is 12.7. The zero-order valence-corrected chi connectivity index (χ0v) is 37.9. The Bertz CT molecular complexity index is 718. The zero-order chi connectivity index (χ0) is 37.9. The SMILES string of the molecule is CCCCCCCCC=CCCCCCCCCOCC(CCCCCCCC[N+](C)(C)C)OCCCCCCCCC=CCCCCCCCC.[Cl-]. The zero-order valence-electron chi connectivity index (χ0n) is 37.1. The van der Waals surface area contributed by atoms with Gasteiger partial charge in [0.25, 0.3) is 0 Å². The molecule has 0 saturated heterocycles. The first-order chi connectivity index (χ1) is 25.5. The average Bonchev–Trinajstić information content (AvgIpc) is 3.12. The second-order valence-corrected chi connectivity index (χ2v) is 17.4. The first kappa shape index (κ1) is 54.7. The fraction of sp³-hybridized carbons (Fsp3) is 0.918. The minimum absolute atomic E-state index is 0. The van der Waals surface area contributed by atoms with Gasteiger partial charge in [-0.1, -0.05) is 179 Å². The Balaban J connectivity index is 0. The van der Waals surface area contributed by atoms with Gasteiger partial charge in [0.15, 0.2) is 0 Å². The summed E-state index contributed by atoms with van der Waals surface area (Å²) in [5.41, 5.74) is 0. The van der Waals surface area contributed by atoms with Crippen LogP contribution in [0.3, 0.4) is 0 Å². The number of hydrogen-bond donors (Lipinski definition) is 0. The number of unbranched alkanes of at least 4 members (excludes halogenated alkanes) is 29. The maximum Gasteiger partial charge on any atom is 0.0808 e. The van der Waals surface area contributed by atoms with Crippen LogP contribution < -0.4 is 12.4 Å². The van der Waals surface area contributed by atoms with Gasteiger partial charge in [-0.05, 0) is 83.5 Å². The van der Waals surface area contributed by atoms with E-state index in [1.807, 2.05) is 0 Å². The van der Waals surface area contributed by atoms with Crippen LogP contribution in [0.1, 0.15) is 239 Å². The highest BCUT2D eigenvalue weighted by atomic mass is 35.5. The molecule has 0 aromatic rings. The molecule has 0 aliphatic carbocycles. The molecular formula is C49H98ClNO2. The van der Waals surface area contributed by atoms with Crippen molar-refractivity contribution < 1.29 is 26.4 Å². The third-order valence-corrected chi connectivity index (χ3v) is 10.7. The van der Waals surface area contributed by atoms with Crippen LogP contribution in [-0.2, 0) is 9.47 Å². The Morgan fingerprint density at radius 2 is 0.736 bits per heavy atom. The molecular weight excluding hydrogens is 670 g/mol. The summed E-state index contributed by atoms with van der Waals surface area (Å²) in [6.07, 6.45) is 57.2. The van der Waals surface area contributed by atoms with Gasteiger partial charge < -0.3 is 26.4 Å². The van der Waals surface area contributed by atoms with Gasteiger partial charge in [0, 0.05) is 13.2 Å². The molecule has 1 unspecified atom stereocenters. The van der Waals surface area contributed by atoms with Crippen LogP contribution >= 0.6 is 0 Å². The largest absolute Gasteiger partial charge is 1.00 e. The van der Waals surface area contributed by atoms with E-state index in [2.05, 4.69) is 59.3 Å². The van der Waals surface area contributed by atoms with Crippen LogP contribution in [0.4, 0.5) is 0 Å². The molecule has 0 saturated carbocycles. The molecule has 0 radical (unpaired) electrons. The number of rotatable bonds is 44. The van der Waals surface area contributed by atoms with Crippen molar-refractivity contribution in [1.29, 1.82) is 0 Å². The fourth-order valence-electron chi connectivity index (χ4n) is 7.15. The van der Waals surface area contributed by atoms with Crippen molar-refractivity contribution in [3.05, 3.63) is 24.3 Å². The summed E-state index contributed by atoms with van der Waals surface area (Å²) in [5.74, 6) is 0. The summed E-state index contributed by atoms with van der Waals surface area (Å²) < 4.78 is 13.7. The van der Waals surface area contributed by atoms with Gasteiger partial charge in [0.05, 0.1) is 40.4 Å². The van der Waals surface area contributed by atoms with E-state index in [9.17, 15) is 0 Å². The summed E-state index contributed by atoms with van der Waals surface area (Å²) in [7, 11) is 6.91. The standard InChI is InChI=1S/C49H98NO2.ClH/c1-6-8-10-12-14-16-18-20-22-24-26-28-30-34-38-42-46-51-48-49(44-40-36-32-33-37-41-45-50(3,4)5)52-47-43-39-35-31-29-27-25-23-21-19-17-15-13-11-9-7-2;/h20-23,49H,6-19,24-48H2,1-5H3;1H/q+1;/p-1. The predicted molar refractivity (Wildman–Crippen MR) is 235 cm³/mol. The van der Waals surface area contributed by atoms with E-state index in [0.717, 1.165) is 24.3 Å². The van der Waals surface area contributed by atoms with Gasteiger partial charge in [-0.25, -0.2) is 0 Å². The molecule has 4 heteroatoms. The summed E-state index contributed by atoms with van der Waals surface area (Å²) >= 11 is 0. The molecule has 0 aromatic heterocycles. The van der Waals surface area contributed by atoms with E-state index < -0.39 is 0 Å². The molecule has 1 atom stereocenters. The first-order valence-corrected chi connectivity index (χ1v) is 23.8. The third kappa shape index (κ3) is 49.6. The van der Waals surface area contributed by atoms with Gasteiger partial charge in [0.2, 0.25) is 0 Å². The van der Waals surface area contributed by atoms with E-state index in [1.54, 1.807) is 0 Å². The van der Waals surface area contributed by atoms with Crippen LogP contribution in [-0.4, -0.2) is 58.1 Å². The Morgan fingerprint density at radius 1 is 0.396 bits per heavy atom. The lowest BCUT2D eigenvalue weighted by Gasteiger charge is -2.23. The van der Waals surface area contributed by atoms with Crippen molar-refractivity contribution in [1.82, 2.24) is 0 Å². The van der Waals surface area contributed by atoms with Gasteiger partial charge in [0.1, 0.15) is 0 Å². The van der Waals surface area contributed by atoms with Gasteiger partial charge in [-0.3, -0.25) is 0 Å². The van der Waals surface area contributed by atoms with Gasteiger partial charge in [-0.15, -0.1) is 0 Å². The molecule has 0 spiro atoms. The average molecular weight is 769 g/mol. The second kappa shape index (κ2) is 46.0. The van der Waals surface area contributed by atoms with Crippen molar-refractivity contribution in [3.8, 4) is 0 Å². The number of allylic oxidation sites excluding steroid dienone is 4. The van der Waals surface area contributed by atoms with E-state index in [0.29, 0.717) is 0 Å². The third-order valence-electron chi connectivity index (χ3n) is 10.7. The maximum atomic E-state index is 6.44. The monoisotopic (exact) mass is 768 g/mol. The Kier molecular flexibility index (Phi) is 47.6. The van der Waals surface area contributed by atoms with Crippen LogP contribution in [0.2, 0.25) is 0 Å². The molecule has 53 heavy (non-hydrogen) atoms. The number of halogens is 1. The molecule has 318 valence electrons. The molecule has 0 aromatic carbocycles. The molecule has 0 heterocycles. The van der Waals surface area contributed by atoms with Crippen LogP contribution in [0.5, 0.6) is 0 Å². The summed E-state index contributed by atoms with van der Waals surface area (Å²) in [6.45, 7) is 8.49. The van der Waals surface area contributed by atoms with E-state index >= 15 is 0 Å². The van der Waals surface area contributed by atoms with Crippen LogP contribution in [0.15, 0.2) is 24.3 Å². The van der Waals surface area contributed by atoms with Crippen LogP contribution in [0, 0.1) is 0 Å². The Labute approximate surface area is 341 Å². The molecule has 3 nitrogen and oxygen atoms in total. The molecule has 0 bridgehead atoms. The second-order valence-electron chi connectivity index (χ2n) is 17.4. The van der Waals surface area contributed by atoms with Crippen molar-refractivity contribution in [3.63, 3.8) is 0 Å². The van der Waals surface area contributed by atoms with Crippen molar-refractivity contribution in [2.24, 2.45) is 0 Å². The molecule has 0 aliphatic rings. The molecule has 0 rings (SSSR count). The minimum atomic E-state index is 0. The minimum Gasteiger partial charge on any atom is -1.00 e. The van der Waals surface area contributed by atoms with Gasteiger partial charge >= 0.3 is 0 Å². The highest BCUT2D eigenvalue weighted by molar-refractivity contribution is 4.82. The van der Waals surface area contributed by atoms with Crippen molar-refractivity contribution in [2.45, 2.75) is 245 Å². The fourth-order valence-corrected chi connectivity index (χ4v) is 7.15. The lowest BCUT2D eigenvalue weighted by Crippen LogP contribution is -3.00. The van der Waals surface area contributed by atoms with Gasteiger partial charge in [-0.2, -0.15) is 0 Å². The first-order valence-electron chi connectivity index (χ1n) is 23.8. The highest BCUT2D eigenvalue weighted by Gasteiger charge is 2.10. The molecule has 0 fully saturated rings. The Morgan fingerprint density at radius 3 is 1.15 bits per heavy atom. The van der Waals surface area contributed by atoms with E-state index in [-0.39, 0.29) is 18.5 Å². The maximum absolute atomic E-state index is 6.44. The highest BCUT2D eigenvalue weighted by Crippen LogP contribution is 2.15. The van der Waals surface area contributed by atoms with Crippen LogP contribution in [0.25, 0.3) is 0 Å². The molecule has 0 aliphatic heterocycles. The van der Waals surface area contributed by atoms with Crippen molar-refractivity contribution >= 4 is 0 Å². The predicted octanol–water partition coefficient (Wildman–Crippen LogP) is 12.9. The number of hydrogen-bond acceptors (Lipinski definition) is 2. The summed E-state index contributed by atoms with van der Waals surface area (Å²) in [4.78, 5) is 0. The lowest BCUT2D eigenvalue weighted by atomic mass is 10.1. The summed E-state index contributed by atoms with van der Waals surface area (Å²) in [6, 6.07) is 0. The quantitative estimate of drug-likeness (QED) is 0.0349. The molecule has 0 N–H and O–H groups in total. The van der Waals surface area contributed by atoms with E-state index in [1.165, 1.54) is 231 Å². The molecule has 0 amide bonds. The number of ether oxygens (including phenoxy) is 2. The lowest BCUT2D eigenvalue weighted by molar-refractivity contribution is -0.870. The smallest absolute Gasteiger partial charge is 0.0808 e. The Hall–Kier alpha value is -0.350. The number of nitrogens with zero attached hydrogens (tertiary/aromatic N) is 1.